The van der Waals surface area contributed by atoms with Crippen LogP contribution in [0, 0.1) is 5.92 Å². The fourth-order valence-electron chi connectivity index (χ4n) is 5.94. The molecule has 0 unspecified atom stereocenters. The van der Waals surface area contributed by atoms with Crippen LogP contribution in [0.5, 0.6) is 5.75 Å². The zero-order valence-electron chi connectivity index (χ0n) is 27.0. The number of esters is 1. The topological polar surface area (TPSA) is 108 Å². The molecule has 4 aromatic rings. The SMILES string of the molecule is CCOC(=O)[C@H](Cc1ccc(O)cc1)NC(=O)CC1CCN(c2ccc(NC(=O)c3ccccc3-c3ccc(C(F)(F)F)cc3)cc2)CC1. The van der Waals surface area contributed by atoms with Crippen molar-refractivity contribution in [3.8, 4) is 16.9 Å². The highest BCUT2D eigenvalue weighted by molar-refractivity contribution is 6.08. The molecule has 1 fully saturated rings. The number of hydrogen-bond donors (Lipinski definition) is 3. The summed E-state index contributed by atoms with van der Waals surface area (Å²) in [6.45, 7) is 3.38. The maximum absolute atomic E-state index is 13.2. The van der Waals surface area contributed by atoms with Gasteiger partial charge in [-0.1, -0.05) is 42.5 Å². The summed E-state index contributed by atoms with van der Waals surface area (Å²) in [7, 11) is 0. The lowest BCUT2D eigenvalue weighted by Crippen LogP contribution is -2.44. The highest BCUT2D eigenvalue weighted by Crippen LogP contribution is 2.32. The average Bonchev–Trinajstić information content (AvgIpc) is 3.09. The number of nitrogens with one attached hydrogen (secondary N) is 2. The van der Waals surface area contributed by atoms with E-state index >= 15 is 0 Å². The van der Waals surface area contributed by atoms with Gasteiger partial charge in [0.15, 0.2) is 0 Å². The van der Waals surface area contributed by atoms with E-state index in [0.717, 1.165) is 49.3 Å². The summed E-state index contributed by atoms with van der Waals surface area (Å²) in [4.78, 5) is 40.9. The Bertz CT molecular complexity index is 1730. The molecule has 3 N–H and O–H groups in total. The van der Waals surface area contributed by atoms with Gasteiger partial charge in [0.2, 0.25) is 5.91 Å². The van der Waals surface area contributed by atoms with Crippen LogP contribution in [0.4, 0.5) is 24.5 Å². The van der Waals surface area contributed by atoms with Crippen LogP contribution < -0.4 is 15.5 Å². The number of benzene rings is 4. The van der Waals surface area contributed by atoms with Crippen molar-refractivity contribution in [3.63, 3.8) is 0 Å². The Morgan fingerprint density at radius 3 is 2.18 bits per heavy atom. The smallest absolute Gasteiger partial charge is 0.416 e. The van der Waals surface area contributed by atoms with Gasteiger partial charge in [0, 0.05) is 42.9 Å². The van der Waals surface area contributed by atoms with Gasteiger partial charge in [-0.2, -0.15) is 13.2 Å². The number of rotatable bonds is 11. The van der Waals surface area contributed by atoms with Crippen molar-refractivity contribution in [1.29, 1.82) is 0 Å². The molecule has 49 heavy (non-hydrogen) atoms. The third-order valence-electron chi connectivity index (χ3n) is 8.56. The number of carbonyl (C=O) groups is 3. The van der Waals surface area contributed by atoms with Gasteiger partial charge in [-0.05, 0) is 97.0 Å². The monoisotopic (exact) mass is 673 g/mol. The predicted molar refractivity (Wildman–Crippen MR) is 181 cm³/mol. The Labute approximate surface area is 282 Å². The van der Waals surface area contributed by atoms with E-state index in [2.05, 4.69) is 15.5 Å². The van der Waals surface area contributed by atoms with E-state index in [9.17, 15) is 32.7 Å². The number of piperidine rings is 1. The third-order valence-corrected chi connectivity index (χ3v) is 8.56. The van der Waals surface area contributed by atoms with Crippen molar-refractivity contribution in [2.24, 2.45) is 5.92 Å². The van der Waals surface area contributed by atoms with Gasteiger partial charge in [-0.15, -0.1) is 0 Å². The molecule has 1 saturated heterocycles. The molecule has 0 aromatic heterocycles. The van der Waals surface area contributed by atoms with E-state index in [1.165, 1.54) is 24.3 Å². The quantitative estimate of drug-likeness (QED) is 0.145. The summed E-state index contributed by atoms with van der Waals surface area (Å²) in [6.07, 6.45) is -2.33. The zero-order valence-corrected chi connectivity index (χ0v) is 27.0. The van der Waals surface area contributed by atoms with Crippen LogP contribution in [-0.2, 0) is 26.9 Å². The Hall–Kier alpha value is -5.32. The highest BCUT2D eigenvalue weighted by Gasteiger charge is 2.30. The molecule has 8 nitrogen and oxygen atoms in total. The Morgan fingerprint density at radius 2 is 1.55 bits per heavy atom. The summed E-state index contributed by atoms with van der Waals surface area (Å²) in [5.74, 6) is -0.822. The lowest BCUT2D eigenvalue weighted by Gasteiger charge is -2.33. The highest BCUT2D eigenvalue weighted by atomic mass is 19.4. The first-order valence-electron chi connectivity index (χ1n) is 16.2. The molecule has 4 aromatic carbocycles. The summed E-state index contributed by atoms with van der Waals surface area (Å²) in [6, 6.07) is 24.6. The number of ether oxygens (including phenoxy) is 1. The molecule has 0 aliphatic carbocycles. The average molecular weight is 674 g/mol. The molecule has 0 saturated carbocycles. The number of nitrogens with zero attached hydrogens (tertiary/aromatic N) is 1. The first-order chi connectivity index (χ1) is 23.5. The fraction of sp³-hybridized carbons (Fsp3) is 0.289. The predicted octanol–water partition coefficient (Wildman–Crippen LogP) is 7.23. The normalized spacial score (nSPS) is 14.2. The molecule has 5 rings (SSSR count). The van der Waals surface area contributed by atoms with Crippen LogP contribution in [-0.4, -0.2) is 48.6 Å². The minimum Gasteiger partial charge on any atom is -0.508 e. The fourth-order valence-corrected chi connectivity index (χ4v) is 5.94. The zero-order chi connectivity index (χ0) is 35.0. The van der Waals surface area contributed by atoms with E-state index in [0.29, 0.717) is 22.4 Å². The Morgan fingerprint density at radius 1 is 0.898 bits per heavy atom. The van der Waals surface area contributed by atoms with E-state index in [1.54, 1.807) is 55.5 Å². The molecule has 256 valence electrons. The molecular weight excluding hydrogens is 635 g/mol. The van der Waals surface area contributed by atoms with Crippen molar-refractivity contribution in [1.82, 2.24) is 5.32 Å². The second-order valence-corrected chi connectivity index (χ2v) is 12.0. The number of carbonyl (C=O) groups excluding carboxylic acids is 3. The summed E-state index contributed by atoms with van der Waals surface area (Å²) in [5, 5.41) is 15.3. The molecule has 0 bridgehead atoms. The Balaban J connectivity index is 1.13. The largest absolute Gasteiger partial charge is 0.508 e. The molecule has 1 heterocycles. The number of aromatic hydroxyl groups is 1. The first kappa shape index (κ1) is 35.0. The second kappa shape index (κ2) is 15.7. The molecule has 1 aliphatic heterocycles. The van der Waals surface area contributed by atoms with Crippen LogP contribution >= 0.6 is 0 Å². The molecule has 11 heteroatoms. The van der Waals surface area contributed by atoms with Crippen LogP contribution in [0.15, 0.2) is 97.1 Å². The first-order valence-corrected chi connectivity index (χ1v) is 16.2. The minimum atomic E-state index is -4.44. The maximum atomic E-state index is 13.2. The molecule has 0 radical (unpaired) electrons. The van der Waals surface area contributed by atoms with Gasteiger partial charge in [0.25, 0.3) is 5.91 Å². The van der Waals surface area contributed by atoms with E-state index in [4.69, 9.17) is 4.74 Å². The van der Waals surface area contributed by atoms with E-state index < -0.39 is 23.8 Å². The van der Waals surface area contributed by atoms with E-state index in [1.807, 2.05) is 12.1 Å². The van der Waals surface area contributed by atoms with Crippen LogP contribution in [0.3, 0.4) is 0 Å². The van der Waals surface area contributed by atoms with Gasteiger partial charge in [0.05, 0.1) is 12.2 Å². The van der Waals surface area contributed by atoms with Crippen molar-refractivity contribution in [3.05, 3.63) is 114 Å². The number of halogens is 3. The van der Waals surface area contributed by atoms with Crippen molar-refractivity contribution in [2.75, 3.05) is 29.9 Å². The van der Waals surface area contributed by atoms with Gasteiger partial charge in [0.1, 0.15) is 11.8 Å². The number of amides is 2. The summed E-state index contributed by atoms with van der Waals surface area (Å²) >= 11 is 0. The number of anilines is 2. The number of hydrogen-bond acceptors (Lipinski definition) is 6. The lowest BCUT2D eigenvalue weighted by atomic mass is 9.92. The second-order valence-electron chi connectivity index (χ2n) is 12.0. The minimum absolute atomic E-state index is 0.119. The van der Waals surface area contributed by atoms with Crippen LogP contribution in [0.25, 0.3) is 11.1 Å². The molecule has 2 amide bonds. The number of phenols is 1. The van der Waals surface area contributed by atoms with Crippen molar-refractivity contribution >= 4 is 29.2 Å². The summed E-state index contributed by atoms with van der Waals surface area (Å²) in [5.41, 5.74) is 2.95. The lowest BCUT2D eigenvalue weighted by molar-refractivity contribution is -0.147. The van der Waals surface area contributed by atoms with Crippen LogP contribution in [0.2, 0.25) is 0 Å². The number of phenolic OH excluding ortho intramolecular Hbond substituents is 1. The van der Waals surface area contributed by atoms with Gasteiger partial charge >= 0.3 is 12.1 Å². The Kier molecular flexibility index (Phi) is 11.2. The van der Waals surface area contributed by atoms with Gasteiger partial charge in [-0.3, -0.25) is 9.59 Å². The molecule has 0 spiro atoms. The molecule has 1 atom stereocenters. The van der Waals surface area contributed by atoms with E-state index in [-0.39, 0.29) is 42.9 Å². The van der Waals surface area contributed by atoms with Gasteiger partial charge < -0.3 is 25.4 Å². The van der Waals surface area contributed by atoms with Crippen LogP contribution in [0.1, 0.15) is 47.7 Å². The summed E-state index contributed by atoms with van der Waals surface area (Å²) < 4.78 is 44.3. The molecule has 1 aliphatic rings. The molecular formula is C38H38F3N3O5. The maximum Gasteiger partial charge on any atom is 0.416 e. The van der Waals surface area contributed by atoms with Gasteiger partial charge in [-0.25, -0.2) is 4.79 Å². The number of alkyl halides is 3. The van der Waals surface area contributed by atoms with Crippen molar-refractivity contribution < 1.29 is 37.4 Å². The van der Waals surface area contributed by atoms with Crippen molar-refractivity contribution in [2.45, 2.75) is 44.8 Å². The standard InChI is InChI=1S/C38H38F3N3O5/c1-2-49-37(48)34(23-25-7-17-31(45)18-8-25)43-35(46)24-26-19-21-44(22-20-26)30-15-13-29(14-16-30)42-36(47)33-6-4-3-5-32(33)27-9-11-28(12-10-27)38(39,40)41/h3-18,26,34,45H,2,19-24H2,1H3,(H,42,47)(H,43,46)/t34-/m0/s1. The third kappa shape index (κ3) is 9.40.